The van der Waals surface area contributed by atoms with Crippen molar-refractivity contribution in [3.05, 3.63) is 0 Å². The Morgan fingerprint density at radius 2 is 1.70 bits per heavy atom. The number of hydrogen-bond acceptors (Lipinski definition) is 2. The molecule has 8 heteroatoms. The van der Waals surface area contributed by atoms with Gasteiger partial charge in [0.05, 0.1) is 0 Å². The fraction of sp³-hybridized carbons (Fsp3) is 0.917. The summed E-state index contributed by atoms with van der Waals surface area (Å²) >= 11 is 0.955. The lowest BCUT2D eigenvalue weighted by atomic mass is 9.92. The highest BCUT2D eigenvalue weighted by molar-refractivity contribution is 8.00. The van der Waals surface area contributed by atoms with Gasteiger partial charge >= 0.3 is 5.97 Å². The van der Waals surface area contributed by atoms with Crippen molar-refractivity contribution in [3.8, 4) is 0 Å². The van der Waals surface area contributed by atoms with E-state index in [0.29, 0.717) is 0 Å². The molecule has 120 valence electrons. The lowest BCUT2D eigenvalue weighted by Gasteiger charge is -2.26. The molecule has 0 aromatic carbocycles. The first-order valence-electron chi connectivity index (χ1n) is 6.04. The van der Waals surface area contributed by atoms with Crippen molar-refractivity contribution >= 4 is 17.7 Å². The van der Waals surface area contributed by atoms with Gasteiger partial charge in [-0.25, -0.2) is 22.0 Å². The Bertz CT molecular complexity index is 317. The summed E-state index contributed by atoms with van der Waals surface area (Å²) < 4.78 is 62.4. The zero-order valence-corrected chi connectivity index (χ0v) is 12.3. The summed E-state index contributed by atoms with van der Waals surface area (Å²) in [5.74, 6) is -5.11. The number of hydrogen-bond donors (Lipinski definition) is 1. The predicted octanol–water partition coefficient (Wildman–Crippen LogP) is 4.24. The maximum absolute atomic E-state index is 13.0. The van der Waals surface area contributed by atoms with Gasteiger partial charge in [0.1, 0.15) is 5.25 Å². The van der Waals surface area contributed by atoms with Gasteiger partial charge in [0.2, 0.25) is 6.17 Å². The van der Waals surface area contributed by atoms with Gasteiger partial charge in [0.15, 0.2) is 0 Å². The number of thioether (sulfide) groups is 1. The molecule has 0 bridgehead atoms. The Labute approximate surface area is 119 Å². The zero-order valence-electron chi connectivity index (χ0n) is 11.5. The van der Waals surface area contributed by atoms with E-state index in [9.17, 15) is 26.7 Å². The number of rotatable bonds is 8. The van der Waals surface area contributed by atoms with Gasteiger partial charge in [0, 0.05) is 6.42 Å². The van der Waals surface area contributed by atoms with Crippen molar-refractivity contribution in [3.63, 3.8) is 0 Å². The molecule has 0 aliphatic carbocycles. The predicted molar refractivity (Wildman–Crippen MR) is 68.4 cm³/mol. The van der Waals surface area contributed by atoms with E-state index in [1.807, 2.05) is 0 Å². The molecule has 20 heavy (non-hydrogen) atoms. The standard InChI is InChI=1S/C12H19F5O2S/c1-11(2,3)8(10(18)19)20-6-4-5-12(16,17)7(13)9(14)15/h7-9H,4-6H2,1-3H3,(H,18,19). The number of carbonyl (C=O) groups is 1. The number of carboxylic acid groups (broad SMARTS) is 1. The summed E-state index contributed by atoms with van der Waals surface area (Å²) in [6, 6.07) is 0. The first-order valence-corrected chi connectivity index (χ1v) is 7.09. The normalized spacial score (nSPS) is 16.2. The van der Waals surface area contributed by atoms with Crippen LogP contribution >= 0.6 is 11.8 Å². The quantitative estimate of drug-likeness (QED) is 0.536. The molecule has 0 saturated carbocycles. The van der Waals surface area contributed by atoms with Crippen LogP contribution in [0.3, 0.4) is 0 Å². The van der Waals surface area contributed by atoms with Crippen molar-refractivity contribution in [2.75, 3.05) is 5.75 Å². The largest absolute Gasteiger partial charge is 0.480 e. The van der Waals surface area contributed by atoms with E-state index >= 15 is 0 Å². The summed E-state index contributed by atoms with van der Waals surface area (Å²) in [4.78, 5) is 11.0. The molecule has 0 fully saturated rings. The summed E-state index contributed by atoms with van der Waals surface area (Å²) in [6.07, 6.45) is -8.46. The molecule has 0 spiro atoms. The summed E-state index contributed by atoms with van der Waals surface area (Å²) in [6.45, 7) is 5.09. The molecule has 2 atom stereocenters. The molecule has 0 aliphatic heterocycles. The maximum atomic E-state index is 13.0. The molecule has 0 amide bonds. The van der Waals surface area contributed by atoms with Crippen molar-refractivity contribution in [2.24, 2.45) is 5.41 Å². The van der Waals surface area contributed by atoms with E-state index in [0.717, 1.165) is 11.8 Å². The molecular formula is C12H19F5O2S. The highest BCUT2D eigenvalue weighted by atomic mass is 32.2. The monoisotopic (exact) mass is 322 g/mol. The second kappa shape index (κ2) is 7.47. The SMILES string of the molecule is CC(C)(C)C(SCCCC(F)(F)C(F)C(F)F)C(=O)O. The summed E-state index contributed by atoms with van der Waals surface area (Å²) in [7, 11) is 0. The van der Waals surface area contributed by atoms with Crippen LogP contribution in [-0.4, -0.2) is 40.6 Å². The van der Waals surface area contributed by atoms with Gasteiger partial charge in [-0.2, -0.15) is 0 Å². The van der Waals surface area contributed by atoms with Crippen LogP contribution in [0.1, 0.15) is 33.6 Å². The highest BCUT2D eigenvalue weighted by Crippen LogP contribution is 2.34. The van der Waals surface area contributed by atoms with Gasteiger partial charge in [-0.05, 0) is 17.6 Å². The first kappa shape index (κ1) is 19.5. The Kier molecular flexibility index (Phi) is 7.27. The minimum Gasteiger partial charge on any atom is -0.480 e. The Morgan fingerprint density at radius 3 is 2.05 bits per heavy atom. The fourth-order valence-electron chi connectivity index (χ4n) is 1.52. The van der Waals surface area contributed by atoms with Crippen LogP contribution in [0.25, 0.3) is 0 Å². The van der Waals surface area contributed by atoms with E-state index in [-0.39, 0.29) is 12.2 Å². The summed E-state index contributed by atoms with van der Waals surface area (Å²) in [5, 5.41) is 8.20. The fourth-order valence-corrected chi connectivity index (χ4v) is 2.71. The zero-order chi connectivity index (χ0) is 16.1. The topological polar surface area (TPSA) is 37.3 Å². The molecule has 1 N–H and O–H groups in total. The van der Waals surface area contributed by atoms with Crippen molar-refractivity contribution < 1.29 is 31.9 Å². The molecule has 2 unspecified atom stereocenters. The van der Waals surface area contributed by atoms with E-state index in [2.05, 4.69) is 0 Å². The smallest absolute Gasteiger partial charge is 0.317 e. The molecule has 0 aromatic rings. The van der Waals surface area contributed by atoms with E-state index in [1.165, 1.54) is 0 Å². The lowest BCUT2D eigenvalue weighted by molar-refractivity contribution is -0.138. The Hall–Kier alpha value is -0.530. The average Bonchev–Trinajstić information content (AvgIpc) is 2.24. The van der Waals surface area contributed by atoms with Crippen molar-refractivity contribution in [1.82, 2.24) is 0 Å². The van der Waals surface area contributed by atoms with Crippen molar-refractivity contribution in [2.45, 2.75) is 57.4 Å². The lowest BCUT2D eigenvalue weighted by Crippen LogP contribution is -2.36. The molecule has 0 heterocycles. The van der Waals surface area contributed by atoms with E-state index < -0.39 is 41.6 Å². The van der Waals surface area contributed by atoms with Gasteiger partial charge in [-0.1, -0.05) is 20.8 Å². The van der Waals surface area contributed by atoms with Gasteiger partial charge in [-0.15, -0.1) is 11.8 Å². The van der Waals surface area contributed by atoms with Crippen molar-refractivity contribution in [1.29, 1.82) is 0 Å². The third-order valence-corrected chi connectivity index (χ3v) is 4.34. The highest BCUT2D eigenvalue weighted by Gasteiger charge is 2.45. The van der Waals surface area contributed by atoms with Crippen LogP contribution in [0, 0.1) is 5.41 Å². The molecule has 2 nitrogen and oxygen atoms in total. The molecule has 0 aromatic heterocycles. The first-order chi connectivity index (χ1) is 8.89. The third-order valence-electron chi connectivity index (χ3n) is 2.57. The molecular weight excluding hydrogens is 303 g/mol. The number of aliphatic carboxylic acids is 1. The van der Waals surface area contributed by atoms with E-state index in [1.54, 1.807) is 20.8 Å². The van der Waals surface area contributed by atoms with Crippen LogP contribution in [0.5, 0.6) is 0 Å². The third kappa shape index (κ3) is 6.28. The molecule has 0 radical (unpaired) electrons. The van der Waals surface area contributed by atoms with Crippen LogP contribution in [-0.2, 0) is 4.79 Å². The second-order valence-corrected chi connectivity index (χ2v) is 6.77. The Balaban J connectivity index is 4.28. The number of carboxylic acids is 1. The van der Waals surface area contributed by atoms with Crippen LogP contribution in [0.15, 0.2) is 0 Å². The number of halogens is 5. The molecule has 0 rings (SSSR count). The van der Waals surface area contributed by atoms with Crippen LogP contribution in [0.2, 0.25) is 0 Å². The van der Waals surface area contributed by atoms with Gasteiger partial charge in [-0.3, -0.25) is 4.79 Å². The minimum absolute atomic E-state index is 0.0415. The van der Waals surface area contributed by atoms with Crippen LogP contribution in [0.4, 0.5) is 22.0 Å². The minimum atomic E-state index is -4.09. The average molecular weight is 322 g/mol. The van der Waals surface area contributed by atoms with Crippen LogP contribution < -0.4 is 0 Å². The Morgan fingerprint density at radius 1 is 1.20 bits per heavy atom. The van der Waals surface area contributed by atoms with Gasteiger partial charge < -0.3 is 5.11 Å². The summed E-state index contributed by atoms with van der Waals surface area (Å²) in [5.41, 5.74) is -0.565. The maximum Gasteiger partial charge on any atom is 0.317 e. The number of alkyl halides is 5. The molecule has 0 saturated heterocycles. The molecule has 0 aliphatic rings. The van der Waals surface area contributed by atoms with E-state index in [4.69, 9.17) is 5.11 Å². The second-order valence-electron chi connectivity index (χ2n) is 5.56. The van der Waals surface area contributed by atoms with Gasteiger partial charge in [0.25, 0.3) is 12.3 Å².